The van der Waals surface area contributed by atoms with Crippen molar-refractivity contribution < 1.29 is 32.3 Å². The van der Waals surface area contributed by atoms with Crippen LogP contribution >= 0.6 is 0 Å². The smallest absolute Gasteiger partial charge is 0.406 e. The lowest BCUT2D eigenvalue weighted by molar-refractivity contribution is -0.227. The first kappa shape index (κ1) is 18.3. The van der Waals surface area contributed by atoms with E-state index in [0.717, 1.165) is 15.7 Å². The summed E-state index contributed by atoms with van der Waals surface area (Å²) in [5.74, 6) is -2.76. The molecule has 0 spiro atoms. The van der Waals surface area contributed by atoms with Crippen LogP contribution < -0.4 is 0 Å². The van der Waals surface area contributed by atoms with Gasteiger partial charge in [0.05, 0.1) is 0 Å². The number of benzene rings is 2. The lowest BCUT2D eigenvalue weighted by Crippen LogP contribution is -2.47. The number of rotatable bonds is 2. The zero-order chi connectivity index (χ0) is 20.3. The molecule has 0 saturated carbocycles. The number of carbonyl (C=O) groups excluding carboxylic acids is 1. The van der Waals surface area contributed by atoms with E-state index in [1.807, 2.05) is 30.3 Å². The SMILES string of the molecule is Cc1c(C(=O)N2CCC(C(=O)O)(C(F)(F)F)C2)oc2c1ccc1ccccc12. The Morgan fingerprint density at radius 3 is 2.50 bits per heavy atom. The van der Waals surface area contributed by atoms with Gasteiger partial charge in [-0.1, -0.05) is 36.4 Å². The Labute approximate surface area is 157 Å². The highest BCUT2D eigenvalue weighted by Gasteiger charge is 2.64. The van der Waals surface area contributed by atoms with Gasteiger partial charge in [0.1, 0.15) is 5.58 Å². The van der Waals surface area contributed by atoms with Crippen molar-refractivity contribution in [3.05, 3.63) is 47.7 Å². The number of fused-ring (bicyclic) bond motifs is 3. The molecule has 0 radical (unpaired) electrons. The van der Waals surface area contributed by atoms with Gasteiger partial charge in [-0.3, -0.25) is 9.59 Å². The number of aliphatic carboxylic acids is 1. The van der Waals surface area contributed by atoms with Crippen LogP contribution in [0.5, 0.6) is 0 Å². The second-order valence-corrected chi connectivity index (χ2v) is 7.08. The molecule has 0 bridgehead atoms. The Kier molecular flexibility index (Phi) is 3.92. The number of carboxylic acid groups (broad SMARTS) is 1. The highest BCUT2D eigenvalue weighted by molar-refractivity contribution is 6.09. The Balaban J connectivity index is 1.75. The number of amides is 1. The van der Waals surface area contributed by atoms with E-state index >= 15 is 0 Å². The summed E-state index contributed by atoms with van der Waals surface area (Å²) in [4.78, 5) is 25.1. The van der Waals surface area contributed by atoms with E-state index in [4.69, 9.17) is 4.42 Å². The average Bonchev–Trinajstić information content (AvgIpc) is 3.24. The second kappa shape index (κ2) is 5.98. The summed E-state index contributed by atoms with van der Waals surface area (Å²) in [6, 6.07) is 11.1. The van der Waals surface area contributed by atoms with Crippen molar-refractivity contribution in [2.45, 2.75) is 19.5 Å². The molecule has 1 fully saturated rings. The molecule has 4 rings (SSSR count). The van der Waals surface area contributed by atoms with E-state index in [1.54, 1.807) is 13.0 Å². The lowest BCUT2D eigenvalue weighted by Gasteiger charge is -2.27. The monoisotopic (exact) mass is 391 g/mol. The molecule has 146 valence electrons. The highest BCUT2D eigenvalue weighted by Crippen LogP contribution is 2.46. The normalized spacial score (nSPS) is 20.2. The summed E-state index contributed by atoms with van der Waals surface area (Å²) < 4.78 is 45.9. The van der Waals surface area contributed by atoms with Gasteiger partial charge in [-0.15, -0.1) is 0 Å². The van der Waals surface area contributed by atoms with E-state index in [0.29, 0.717) is 16.5 Å². The highest BCUT2D eigenvalue weighted by atomic mass is 19.4. The third-order valence-electron chi connectivity index (χ3n) is 5.53. The zero-order valence-corrected chi connectivity index (χ0v) is 14.8. The molecule has 1 atom stereocenters. The molecular formula is C20H16F3NO4. The maximum absolute atomic E-state index is 13.4. The molecule has 1 aliphatic heterocycles. The molecule has 2 heterocycles. The Hall–Kier alpha value is -3.03. The first-order valence-electron chi connectivity index (χ1n) is 8.66. The predicted octanol–water partition coefficient (Wildman–Crippen LogP) is 4.37. The molecule has 2 aromatic carbocycles. The van der Waals surface area contributed by atoms with Crippen LogP contribution in [0.4, 0.5) is 13.2 Å². The maximum Gasteiger partial charge on any atom is 0.406 e. The van der Waals surface area contributed by atoms with Crippen LogP contribution in [0.2, 0.25) is 0 Å². The standard InChI is InChI=1S/C20H16F3NO4/c1-11-13-7-6-12-4-2-3-5-14(12)16(13)28-15(11)17(25)24-9-8-19(10-24,18(26)27)20(21,22)23/h2-7H,8-10H2,1H3,(H,26,27). The molecule has 1 unspecified atom stereocenters. The molecule has 28 heavy (non-hydrogen) atoms. The minimum atomic E-state index is -4.95. The molecule has 3 aromatic rings. The number of halogens is 3. The van der Waals surface area contributed by atoms with Crippen molar-refractivity contribution in [1.29, 1.82) is 0 Å². The Morgan fingerprint density at radius 2 is 1.86 bits per heavy atom. The van der Waals surface area contributed by atoms with Gasteiger partial charge in [-0.2, -0.15) is 13.2 Å². The molecule has 1 N–H and O–H groups in total. The van der Waals surface area contributed by atoms with Crippen molar-refractivity contribution in [3.63, 3.8) is 0 Å². The van der Waals surface area contributed by atoms with Gasteiger partial charge in [0.2, 0.25) is 0 Å². The summed E-state index contributed by atoms with van der Waals surface area (Å²) in [7, 11) is 0. The quantitative estimate of drug-likeness (QED) is 0.704. The fraction of sp³-hybridized carbons (Fsp3) is 0.300. The number of carboxylic acids is 1. The van der Waals surface area contributed by atoms with Crippen molar-refractivity contribution >= 4 is 33.6 Å². The number of hydrogen-bond donors (Lipinski definition) is 1. The predicted molar refractivity (Wildman–Crippen MR) is 95.1 cm³/mol. The fourth-order valence-corrected chi connectivity index (χ4v) is 3.81. The summed E-state index contributed by atoms with van der Waals surface area (Å²) >= 11 is 0. The Morgan fingerprint density at radius 1 is 1.14 bits per heavy atom. The molecule has 0 aliphatic carbocycles. The van der Waals surface area contributed by atoms with Crippen LogP contribution in [-0.4, -0.2) is 41.1 Å². The van der Waals surface area contributed by atoms with E-state index in [-0.39, 0.29) is 12.3 Å². The summed E-state index contributed by atoms with van der Waals surface area (Å²) in [5.41, 5.74) is -1.95. The third-order valence-corrected chi connectivity index (χ3v) is 5.53. The van der Waals surface area contributed by atoms with E-state index in [1.165, 1.54) is 0 Å². The summed E-state index contributed by atoms with van der Waals surface area (Å²) in [5, 5.41) is 11.6. The molecule has 1 amide bonds. The van der Waals surface area contributed by atoms with Crippen LogP contribution in [0.1, 0.15) is 22.5 Å². The third kappa shape index (κ3) is 2.47. The largest absolute Gasteiger partial charge is 0.481 e. The van der Waals surface area contributed by atoms with Crippen LogP contribution in [0.3, 0.4) is 0 Å². The second-order valence-electron chi connectivity index (χ2n) is 7.08. The number of aryl methyl sites for hydroxylation is 1. The van der Waals surface area contributed by atoms with Gasteiger partial charge in [0, 0.05) is 29.4 Å². The van der Waals surface area contributed by atoms with Crippen molar-refractivity contribution in [3.8, 4) is 0 Å². The number of nitrogens with zero attached hydrogens (tertiary/aromatic N) is 1. The number of likely N-dealkylation sites (tertiary alicyclic amines) is 1. The lowest BCUT2D eigenvalue weighted by atomic mass is 9.86. The van der Waals surface area contributed by atoms with Gasteiger partial charge in [0.25, 0.3) is 5.91 Å². The number of hydrogen-bond acceptors (Lipinski definition) is 3. The summed E-state index contributed by atoms with van der Waals surface area (Å²) in [6.07, 6.45) is -5.63. The van der Waals surface area contributed by atoms with Gasteiger partial charge < -0.3 is 14.4 Å². The van der Waals surface area contributed by atoms with Crippen molar-refractivity contribution in [2.24, 2.45) is 5.41 Å². The molecule has 8 heteroatoms. The first-order chi connectivity index (χ1) is 13.2. The molecule has 1 saturated heterocycles. The fourth-order valence-electron chi connectivity index (χ4n) is 3.81. The Bertz CT molecular complexity index is 1120. The van der Waals surface area contributed by atoms with Crippen LogP contribution in [-0.2, 0) is 4.79 Å². The molecular weight excluding hydrogens is 375 g/mol. The van der Waals surface area contributed by atoms with Gasteiger partial charge in [0.15, 0.2) is 11.2 Å². The zero-order valence-electron chi connectivity index (χ0n) is 14.8. The average molecular weight is 391 g/mol. The first-order valence-corrected chi connectivity index (χ1v) is 8.66. The maximum atomic E-state index is 13.4. The topological polar surface area (TPSA) is 70.8 Å². The van der Waals surface area contributed by atoms with Gasteiger partial charge >= 0.3 is 12.1 Å². The van der Waals surface area contributed by atoms with Crippen molar-refractivity contribution in [2.75, 3.05) is 13.1 Å². The minimum absolute atomic E-state index is 0.0604. The van der Waals surface area contributed by atoms with Gasteiger partial charge in [-0.05, 0) is 18.7 Å². The molecule has 1 aliphatic rings. The van der Waals surface area contributed by atoms with E-state index < -0.39 is 36.4 Å². The molecule has 5 nitrogen and oxygen atoms in total. The molecule has 1 aromatic heterocycles. The number of alkyl halides is 3. The van der Waals surface area contributed by atoms with Crippen LogP contribution in [0, 0.1) is 12.3 Å². The minimum Gasteiger partial charge on any atom is -0.481 e. The van der Waals surface area contributed by atoms with E-state index in [2.05, 4.69) is 0 Å². The van der Waals surface area contributed by atoms with Gasteiger partial charge in [-0.25, -0.2) is 0 Å². The number of carbonyl (C=O) groups is 2. The van der Waals surface area contributed by atoms with Crippen LogP contribution in [0.15, 0.2) is 40.8 Å². The van der Waals surface area contributed by atoms with Crippen LogP contribution in [0.25, 0.3) is 21.7 Å². The van der Waals surface area contributed by atoms with E-state index in [9.17, 15) is 27.9 Å². The number of furan rings is 1. The van der Waals surface area contributed by atoms with Crippen molar-refractivity contribution in [1.82, 2.24) is 4.90 Å². The summed E-state index contributed by atoms with van der Waals surface area (Å²) in [6.45, 7) is 0.432.